The summed E-state index contributed by atoms with van der Waals surface area (Å²) in [7, 11) is 0. The lowest BCUT2D eigenvalue weighted by atomic mass is 9.98. The van der Waals surface area contributed by atoms with Crippen LogP contribution in [0.5, 0.6) is 0 Å². The van der Waals surface area contributed by atoms with Crippen molar-refractivity contribution in [3.05, 3.63) is 33.4 Å². The van der Waals surface area contributed by atoms with Gasteiger partial charge in [0, 0.05) is 6.08 Å². The minimum atomic E-state index is -4.04. The molecule has 88 valence electrons. The highest BCUT2D eigenvalue weighted by atomic mass is 35.5. The molecule has 0 bridgehead atoms. The predicted octanol–water partition coefficient (Wildman–Crippen LogP) is 2.12. The topological polar surface area (TPSA) is 60.2 Å². The molecule has 0 amide bonds. The number of carbonyl (C=O) groups excluding carboxylic acids is 1. The number of hydrogen-bond donors (Lipinski definition) is 0. The Morgan fingerprint density at radius 1 is 1.56 bits per heavy atom. The van der Waals surface area contributed by atoms with E-state index in [4.69, 9.17) is 11.6 Å². The molecule has 0 unspecified atom stereocenters. The average molecular weight is 260 g/mol. The Bertz CT molecular complexity index is 435. The van der Waals surface area contributed by atoms with E-state index < -0.39 is 39.4 Å². The van der Waals surface area contributed by atoms with Gasteiger partial charge < -0.3 is 0 Å². The second-order valence-corrected chi connectivity index (χ2v) is 3.18. The van der Waals surface area contributed by atoms with Crippen LogP contribution >= 0.6 is 11.6 Å². The van der Waals surface area contributed by atoms with Gasteiger partial charge in [0.05, 0.1) is 10.5 Å². The minimum absolute atomic E-state index is 0.286. The highest BCUT2D eigenvalue weighted by Crippen LogP contribution is 2.39. The molecule has 0 aliphatic heterocycles. The molecule has 0 aromatic heterocycles. The Hall–Kier alpha value is -1.44. The van der Waals surface area contributed by atoms with Crippen LogP contribution in [0, 0.1) is 10.1 Å². The van der Waals surface area contributed by atoms with Crippen LogP contribution in [0.1, 0.15) is 0 Å². The standard InChI is InChI=1S/C7H2ClF4NO3/c8-6(14)2-1-7(12,13(15)16)5(11)4(10)3(2)9/h1,5H/t5-,7+/m1/s1. The second kappa shape index (κ2) is 3.85. The highest BCUT2D eigenvalue weighted by Gasteiger charge is 2.57. The number of hydrogen-bond acceptors (Lipinski definition) is 3. The summed E-state index contributed by atoms with van der Waals surface area (Å²) in [4.78, 5) is 18.9. The van der Waals surface area contributed by atoms with Gasteiger partial charge in [-0.2, -0.15) is 4.39 Å². The fourth-order valence-electron chi connectivity index (χ4n) is 1.04. The van der Waals surface area contributed by atoms with E-state index >= 15 is 0 Å². The molecular formula is C7H2ClF4NO3. The van der Waals surface area contributed by atoms with E-state index in [0.717, 1.165) is 0 Å². The summed E-state index contributed by atoms with van der Waals surface area (Å²) in [6, 6.07) is 0. The molecule has 1 aliphatic carbocycles. The zero-order valence-electron chi connectivity index (χ0n) is 7.22. The van der Waals surface area contributed by atoms with Crippen LogP contribution in [-0.4, -0.2) is 22.1 Å². The monoisotopic (exact) mass is 259 g/mol. The summed E-state index contributed by atoms with van der Waals surface area (Å²) >= 11 is 4.74. The molecule has 0 saturated carbocycles. The van der Waals surface area contributed by atoms with E-state index in [2.05, 4.69) is 0 Å². The Morgan fingerprint density at radius 2 is 2.06 bits per heavy atom. The van der Waals surface area contributed by atoms with Gasteiger partial charge in [-0.3, -0.25) is 14.9 Å². The lowest BCUT2D eigenvalue weighted by Gasteiger charge is -2.21. The van der Waals surface area contributed by atoms with Crippen molar-refractivity contribution in [3.63, 3.8) is 0 Å². The van der Waals surface area contributed by atoms with E-state index in [0.29, 0.717) is 0 Å². The van der Waals surface area contributed by atoms with E-state index in [1.165, 1.54) is 0 Å². The molecule has 1 rings (SSSR count). The molecule has 0 fully saturated rings. The van der Waals surface area contributed by atoms with Crippen LogP contribution in [0.4, 0.5) is 17.6 Å². The SMILES string of the molecule is O=C(Cl)C1=C[C@](F)([N+](=O)[O-])[C@H](F)C(F)=C1F. The molecule has 0 aromatic rings. The number of halogens is 5. The normalized spacial score (nSPS) is 30.1. The predicted molar refractivity (Wildman–Crippen MR) is 43.9 cm³/mol. The van der Waals surface area contributed by atoms with Crippen molar-refractivity contribution >= 4 is 16.8 Å². The molecule has 0 radical (unpaired) electrons. The number of nitrogens with zero attached hydrogens (tertiary/aromatic N) is 1. The molecule has 9 heteroatoms. The van der Waals surface area contributed by atoms with Gasteiger partial charge in [0.2, 0.25) is 0 Å². The molecule has 0 N–H and O–H groups in total. The Labute approximate surface area is 90.3 Å². The first-order valence-corrected chi connectivity index (χ1v) is 4.05. The number of carbonyl (C=O) groups is 1. The van der Waals surface area contributed by atoms with Gasteiger partial charge in [-0.05, 0) is 11.6 Å². The minimum Gasteiger partial charge on any atom is -0.275 e. The van der Waals surface area contributed by atoms with Crippen LogP contribution in [0.15, 0.2) is 23.3 Å². The Kier molecular flexibility index (Phi) is 3.04. The lowest BCUT2D eigenvalue weighted by Crippen LogP contribution is -2.44. The molecule has 4 nitrogen and oxygen atoms in total. The number of nitro groups is 1. The van der Waals surface area contributed by atoms with Crippen molar-refractivity contribution in [2.45, 2.75) is 12.0 Å². The molecule has 0 saturated heterocycles. The van der Waals surface area contributed by atoms with Crippen LogP contribution in [0.2, 0.25) is 0 Å². The summed E-state index contributed by atoms with van der Waals surface area (Å²) in [5, 5.41) is 8.52. The maximum Gasteiger partial charge on any atom is 0.416 e. The van der Waals surface area contributed by atoms with Crippen LogP contribution in [-0.2, 0) is 4.79 Å². The highest BCUT2D eigenvalue weighted by molar-refractivity contribution is 6.68. The zero-order chi connectivity index (χ0) is 12.7. The lowest BCUT2D eigenvalue weighted by molar-refractivity contribution is -0.598. The van der Waals surface area contributed by atoms with Crippen LogP contribution in [0.25, 0.3) is 0 Å². The van der Waals surface area contributed by atoms with Gasteiger partial charge in [-0.15, -0.1) is 0 Å². The first kappa shape index (κ1) is 12.6. The third-order valence-corrected chi connectivity index (χ3v) is 2.07. The zero-order valence-corrected chi connectivity index (χ0v) is 7.97. The quantitative estimate of drug-likeness (QED) is 0.251. The number of allylic oxidation sites excluding steroid dienone is 2. The fraction of sp³-hybridized carbons (Fsp3) is 0.286. The smallest absolute Gasteiger partial charge is 0.275 e. The van der Waals surface area contributed by atoms with Crippen molar-refractivity contribution in [1.82, 2.24) is 0 Å². The maximum atomic E-state index is 13.3. The third-order valence-electron chi connectivity index (χ3n) is 1.86. The van der Waals surface area contributed by atoms with E-state index in [-0.39, 0.29) is 6.08 Å². The molecule has 0 aromatic carbocycles. The average Bonchev–Trinajstić information content (AvgIpc) is 2.19. The second-order valence-electron chi connectivity index (χ2n) is 2.84. The summed E-state index contributed by atoms with van der Waals surface area (Å²) in [6.45, 7) is 0. The van der Waals surface area contributed by atoms with E-state index in [1.807, 2.05) is 0 Å². The number of alkyl halides is 2. The summed E-state index contributed by atoms with van der Waals surface area (Å²) in [6.07, 6.45) is -3.74. The van der Waals surface area contributed by atoms with Gasteiger partial charge in [0.15, 0.2) is 11.7 Å². The third kappa shape index (κ3) is 1.69. The molecular weight excluding hydrogens is 258 g/mol. The van der Waals surface area contributed by atoms with Gasteiger partial charge in [-0.1, -0.05) is 0 Å². The fourth-order valence-corrected chi connectivity index (χ4v) is 1.18. The first-order valence-electron chi connectivity index (χ1n) is 3.67. The Balaban J connectivity index is 3.41. The van der Waals surface area contributed by atoms with Gasteiger partial charge in [-0.25, -0.2) is 13.2 Å². The largest absolute Gasteiger partial charge is 0.416 e. The number of rotatable bonds is 2. The van der Waals surface area contributed by atoms with Crippen molar-refractivity contribution in [2.75, 3.05) is 0 Å². The molecule has 0 spiro atoms. The maximum absolute atomic E-state index is 13.3. The summed E-state index contributed by atoms with van der Waals surface area (Å²) in [5.74, 6) is -8.45. The summed E-state index contributed by atoms with van der Waals surface area (Å²) < 4.78 is 51.8. The van der Waals surface area contributed by atoms with Crippen molar-refractivity contribution in [3.8, 4) is 0 Å². The molecule has 1 aliphatic rings. The van der Waals surface area contributed by atoms with Crippen molar-refractivity contribution in [1.29, 1.82) is 0 Å². The first-order chi connectivity index (χ1) is 7.21. The Morgan fingerprint density at radius 3 is 2.44 bits per heavy atom. The van der Waals surface area contributed by atoms with Crippen molar-refractivity contribution < 1.29 is 27.3 Å². The van der Waals surface area contributed by atoms with Crippen molar-refractivity contribution in [2.24, 2.45) is 0 Å². The van der Waals surface area contributed by atoms with Gasteiger partial charge in [0.1, 0.15) is 0 Å². The molecule has 2 atom stereocenters. The van der Waals surface area contributed by atoms with Gasteiger partial charge >= 0.3 is 5.79 Å². The van der Waals surface area contributed by atoms with Crippen LogP contribution < -0.4 is 0 Å². The molecule has 0 heterocycles. The molecule has 16 heavy (non-hydrogen) atoms. The summed E-state index contributed by atoms with van der Waals surface area (Å²) in [5.41, 5.74) is -1.41. The van der Waals surface area contributed by atoms with Crippen LogP contribution in [0.3, 0.4) is 0 Å². The van der Waals surface area contributed by atoms with E-state index in [9.17, 15) is 32.5 Å². The van der Waals surface area contributed by atoms with E-state index in [1.54, 1.807) is 0 Å². The van der Waals surface area contributed by atoms with Gasteiger partial charge in [0.25, 0.3) is 11.4 Å².